The van der Waals surface area contributed by atoms with E-state index < -0.39 is 0 Å². The highest BCUT2D eigenvalue weighted by molar-refractivity contribution is 7.13. The van der Waals surface area contributed by atoms with Crippen LogP contribution in [0.15, 0.2) is 29.6 Å². The molecule has 0 spiro atoms. The summed E-state index contributed by atoms with van der Waals surface area (Å²) in [6.07, 6.45) is 1.44. The predicted molar refractivity (Wildman–Crippen MR) is 94.7 cm³/mol. The van der Waals surface area contributed by atoms with Crippen molar-refractivity contribution in [3.8, 4) is 10.6 Å². The van der Waals surface area contributed by atoms with Crippen LogP contribution in [0.2, 0.25) is 0 Å². The molecule has 122 valence electrons. The molecule has 2 heterocycles. The Balaban J connectivity index is 1.65. The highest BCUT2D eigenvalue weighted by Crippen LogP contribution is 2.24. The van der Waals surface area contributed by atoms with E-state index in [1.807, 2.05) is 10.3 Å². The number of carbonyl (C=O) groups excluding carboxylic acids is 1. The van der Waals surface area contributed by atoms with Gasteiger partial charge in [-0.1, -0.05) is 31.2 Å². The van der Waals surface area contributed by atoms with E-state index in [1.54, 1.807) is 11.3 Å². The first kappa shape index (κ1) is 16.1. The summed E-state index contributed by atoms with van der Waals surface area (Å²) in [5.74, 6) is 0.177. The Hall–Kier alpha value is -1.72. The molecule has 4 nitrogen and oxygen atoms in total. The minimum atomic E-state index is 0.177. The minimum absolute atomic E-state index is 0.177. The minimum Gasteiger partial charge on any atom is -0.340 e. The van der Waals surface area contributed by atoms with Crippen molar-refractivity contribution >= 4 is 17.2 Å². The SMILES string of the molecule is CCc1ccc(-c2nc(CC(=O)N3CCNC(C)C3)cs2)cc1. The van der Waals surface area contributed by atoms with Gasteiger partial charge in [0.1, 0.15) is 5.01 Å². The fraction of sp³-hybridized carbons (Fsp3) is 0.444. The maximum absolute atomic E-state index is 12.4. The lowest BCUT2D eigenvalue weighted by Gasteiger charge is -2.31. The Morgan fingerprint density at radius 1 is 1.39 bits per heavy atom. The number of rotatable bonds is 4. The van der Waals surface area contributed by atoms with Crippen LogP contribution < -0.4 is 5.32 Å². The number of thiazole rings is 1. The zero-order chi connectivity index (χ0) is 16.2. The van der Waals surface area contributed by atoms with Crippen LogP contribution >= 0.6 is 11.3 Å². The van der Waals surface area contributed by atoms with Crippen molar-refractivity contribution in [2.24, 2.45) is 0 Å². The molecule has 1 amide bonds. The molecular weight excluding hydrogens is 306 g/mol. The fourth-order valence-electron chi connectivity index (χ4n) is 2.83. The third-order valence-electron chi connectivity index (χ3n) is 4.21. The molecule has 0 aliphatic carbocycles. The Morgan fingerprint density at radius 3 is 2.87 bits per heavy atom. The van der Waals surface area contributed by atoms with Crippen molar-refractivity contribution in [3.63, 3.8) is 0 Å². The van der Waals surface area contributed by atoms with Gasteiger partial charge < -0.3 is 10.2 Å². The smallest absolute Gasteiger partial charge is 0.228 e. The molecule has 1 unspecified atom stereocenters. The van der Waals surface area contributed by atoms with Crippen LogP contribution in [0.1, 0.15) is 25.1 Å². The van der Waals surface area contributed by atoms with Gasteiger partial charge >= 0.3 is 0 Å². The van der Waals surface area contributed by atoms with Crippen LogP contribution in [0.3, 0.4) is 0 Å². The standard InChI is InChI=1S/C18H23N3OS/c1-3-14-4-6-15(7-5-14)18-20-16(12-23-18)10-17(22)21-9-8-19-13(2)11-21/h4-7,12-13,19H,3,8-11H2,1-2H3. The van der Waals surface area contributed by atoms with Crippen molar-refractivity contribution < 1.29 is 4.79 Å². The first-order chi connectivity index (χ1) is 11.2. The lowest BCUT2D eigenvalue weighted by atomic mass is 10.1. The number of hydrogen-bond donors (Lipinski definition) is 1. The average Bonchev–Trinajstić information content (AvgIpc) is 3.03. The van der Waals surface area contributed by atoms with Gasteiger partial charge in [0.05, 0.1) is 12.1 Å². The van der Waals surface area contributed by atoms with Crippen molar-refractivity contribution in [1.82, 2.24) is 15.2 Å². The third kappa shape index (κ3) is 3.98. The molecule has 3 rings (SSSR count). The zero-order valence-electron chi connectivity index (χ0n) is 13.7. The average molecular weight is 329 g/mol. The number of nitrogens with zero attached hydrogens (tertiary/aromatic N) is 2. The molecule has 5 heteroatoms. The van der Waals surface area contributed by atoms with Gasteiger partial charge in [-0.3, -0.25) is 4.79 Å². The summed E-state index contributed by atoms with van der Waals surface area (Å²) in [5, 5.41) is 6.35. The second-order valence-electron chi connectivity index (χ2n) is 6.07. The molecule has 1 N–H and O–H groups in total. The van der Waals surface area contributed by atoms with Gasteiger partial charge in [0, 0.05) is 36.6 Å². The number of carbonyl (C=O) groups is 1. The van der Waals surface area contributed by atoms with Crippen LogP contribution in [-0.4, -0.2) is 41.5 Å². The molecule has 2 aromatic rings. The molecule has 1 aromatic carbocycles. The van der Waals surface area contributed by atoms with Crippen molar-refractivity contribution in [2.45, 2.75) is 32.7 Å². The highest BCUT2D eigenvalue weighted by Gasteiger charge is 2.21. The van der Waals surface area contributed by atoms with Crippen LogP contribution in [0, 0.1) is 0 Å². The summed E-state index contributed by atoms with van der Waals surface area (Å²) in [7, 11) is 0. The van der Waals surface area contributed by atoms with Crippen LogP contribution in [-0.2, 0) is 17.6 Å². The molecule has 0 saturated carbocycles. The van der Waals surface area contributed by atoms with Gasteiger partial charge in [0.2, 0.25) is 5.91 Å². The predicted octanol–water partition coefficient (Wildman–Crippen LogP) is 2.74. The lowest BCUT2D eigenvalue weighted by molar-refractivity contribution is -0.131. The lowest BCUT2D eigenvalue weighted by Crippen LogP contribution is -2.51. The van der Waals surface area contributed by atoms with Crippen LogP contribution in [0.5, 0.6) is 0 Å². The van der Waals surface area contributed by atoms with E-state index >= 15 is 0 Å². The Kier molecular flexibility index (Phi) is 5.08. The van der Waals surface area contributed by atoms with Crippen LogP contribution in [0.25, 0.3) is 10.6 Å². The molecule has 1 atom stereocenters. The van der Waals surface area contributed by atoms with Crippen LogP contribution in [0.4, 0.5) is 0 Å². The van der Waals surface area contributed by atoms with Crippen molar-refractivity contribution in [3.05, 3.63) is 40.9 Å². The van der Waals surface area contributed by atoms with Crippen molar-refractivity contribution in [1.29, 1.82) is 0 Å². The quantitative estimate of drug-likeness (QED) is 0.938. The van der Waals surface area contributed by atoms with E-state index in [1.165, 1.54) is 5.56 Å². The van der Waals surface area contributed by atoms with Crippen molar-refractivity contribution in [2.75, 3.05) is 19.6 Å². The number of amides is 1. The molecule has 0 radical (unpaired) electrons. The fourth-order valence-corrected chi connectivity index (χ4v) is 3.66. The molecule has 1 fully saturated rings. The summed E-state index contributed by atoms with van der Waals surface area (Å²) >= 11 is 1.61. The molecule has 1 saturated heterocycles. The summed E-state index contributed by atoms with van der Waals surface area (Å²) in [6, 6.07) is 8.88. The summed E-state index contributed by atoms with van der Waals surface area (Å²) < 4.78 is 0. The zero-order valence-corrected chi connectivity index (χ0v) is 14.5. The van der Waals surface area contributed by atoms with Gasteiger partial charge in [0.15, 0.2) is 0 Å². The second kappa shape index (κ2) is 7.23. The second-order valence-corrected chi connectivity index (χ2v) is 6.92. The summed E-state index contributed by atoms with van der Waals surface area (Å²) in [5.41, 5.74) is 3.33. The molecule has 23 heavy (non-hydrogen) atoms. The first-order valence-corrected chi connectivity index (χ1v) is 9.08. The third-order valence-corrected chi connectivity index (χ3v) is 5.15. The largest absolute Gasteiger partial charge is 0.340 e. The van der Waals surface area contributed by atoms with Gasteiger partial charge in [-0.2, -0.15) is 0 Å². The first-order valence-electron chi connectivity index (χ1n) is 8.20. The number of nitrogens with one attached hydrogen (secondary N) is 1. The van der Waals surface area contributed by atoms with Gasteiger partial charge in [-0.05, 0) is 18.9 Å². The molecule has 1 aromatic heterocycles. The summed E-state index contributed by atoms with van der Waals surface area (Å²) in [6.45, 7) is 6.71. The number of hydrogen-bond acceptors (Lipinski definition) is 4. The Morgan fingerprint density at radius 2 is 2.17 bits per heavy atom. The number of piperazine rings is 1. The monoisotopic (exact) mass is 329 g/mol. The van der Waals surface area contributed by atoms with Gasteiger partial charge in [-0.25, -0.2) is 4.98 Å². The van der Waals surface area contributed by atoms with Gasteiger partial charge in [0.25, 0.3) is 0 Å². The van der Waals surface area contributed by atoms with E-state index in [0.29, 0.717) is 12.5 Å². The van der Waals surface area contributed by atoms with E-state index in [2.05, 4.69) is 48.4 Å². The normalized spacial score (nSPS) is 18.2. The Labute approximate surface area is 141 Å². The van der Waals surface area contributed by atoms with E-state index in [4.69, 9.17) is 0 Å². The van der Waals surface area contributed by atoms with E-state index in [0.717, 1.165) is 42.3 Å². The molecule has 0 bridgehead atoms. The number of aryl methyl sites for hydroxylation is 1. The molecular formula is C18H23N3OS. The topological polar surface area (TPSA) is 45.2 Å². The van der Waals surface area contributed by atoms with Gasteiger partial charge in [-0.15, -0.1) is 11.3 Å². The Bertz CT molecular complexity index is 665. The molecule has 1 aliphatic rings. The van der Waals surface area contributed by atoms with E-state index in [-0.39, 0.29) is 5.91 Å². The maximum atomic E-state index is 12.4. The number of benzene rings is 1. The highest BCUT2D eigenvalue weighted by atomic mass is 32.1. The van der Waals surface area contributed by atoms with E-state index in [9.17, 15) is 4.79 Å². The maximum Gasteiger partial charge on any atom is 0.228 e. The summed E-state index contributed by atoms with van der Waals surface area (Å²) in [4.78, 5) is 19.0. The molecule has 1 aliphatic heterocycles. The number of aromatic nitrogens is 1.